The Bertz CT molecular complexity index is 1180. The molecule has 0 fully saturated rings. The van der Waals surface area contributed by atoms with E-state index >= 15 is 0 Å². The highest BCUT2D eigenvalue weighted by Crippen LogP contribution is 2.30. The molecule has 8 heteroatoms. The van der Waals surface area contributed by atoms with Crippen LogP contribution in [0.1, 0.15) is 100 Å². The lowest BCUT2D eigenvalue weighted by molar-refractivity contribution is -0.141. The predicted molar refractivity (Wildman–Crippen MR) is 169 cm³/mol. The van der Waals surface area contributed by atoms with Gasteiger partial charge in [-0.3, -0.25) is 9.59 Å². The maximum Gasteiger partial charge on any atom is 0.408 e. The van der Waals surface area contributed by atoms with Crippen molar-refractivity contribution in [1.82, 2.24) is 10.2 Å². The highest BCUT2D eigenvalue weighted by atomic mass is 16.6. The van der Waals surface area contributed by atoms with Crippen molar-refractivity contribution < 1.29 is 24.2 Å². The van der Waals surface area contributed by atoms with Crippen LogP contribution in [-0.4, -0.2) is 52.7 Å². The number of benzene rings is 2. The number of rotatable bonds is 14. The molecule has 0 spiro atoms. The van der Waals surface area contributed by atoms with Crippen molar-refractivity contribution in [2.24, 2.45) is 0 Å². The van der Waals surface area contributed by atoms with E-state index in [0.29, 0.717) is 17.7 Å². The van der Waals surface area contributed by atoms with Gasteiger partial charge in [0.1, 0.15) is 17.7 Å². The van der Waals surface area contributed by atoms with E-state index in [1.54, 1.807) is 20.8 Å². The molecule has 2 rings (SSSR count). The molecule has 0 aliphatic rings. The van der Waals surface area contributed by atoms with Crippen LogP contribution in [0.15, 0.2) is 36.4 Å². The molecule has 3 N–H and O–H groups in total. The first kappa shape index (κ1) is 34.8. The minimum atomic E-state index is -1.28. The van der Waals surface area contributed by atoms with Crippen LogP contribution in [0.25, 0.3) is 0 Å². The minimum Gasteiger partial charge on any atom is -0.444 e. The third-order valence-corrected chi connectivity index (χ3v) is 7.23. The highest BCUT2D eigenvalue weighted by molar-refractivity contribution is 6.00. The molecule has 0 aromatic heterocycles. The lowest BCUT2D eigenvalue weighted by atomic mass is 9.95. The molecule has 0 aliphatic carbocycles. The van der Waals surface area contributed by atoms with Gasteiger partial charge in [0.15, 0.2) is 0 Å². The van der Waals surface area contributed by atoms with Crippen molar-refractivity contribution in [2.75, 3.05) is 18.5 Å². The van der Waals surface area contributed by atoms with Crippen LogP contribution in [-0.2, 0) is 14.3 Å². The zero-order valence-corrected chi connectivity index (χ0v) is 26.8. The second-order valence-electron chi connectivity index (χ2n) is 12.2. The fourth-order valence-corrected chi connectivity index (χ4v) is 4.97. The molecular formula is C34H51N3O5. The van der Waals surface area contributed by atoms with Crippen LogP contribution in [0.3, 0.4) is 0 Å². The molecule has 0 radical (unpaired) electrons. The maximum atomic E-state index is 14.2. The van der Waals surface area contributed by atoms with E-state index in [2.05, 4.69) is 17.6 Å². The second kappa shape index (κ2) is 16.3. The Morgan fingerprint density at radius 2 is 1.52 bits per heavy atom. The Balaban J connectivity index is 2.55. The quantitative estimate of drug-likeness (QED) is 0.216. The van der Waals surface area contributed by atoms with Crippen molar-refractivity contribution in [1.29, 1.82) is 0 Å². The molecule has 2 unspecified atom stereocenters. The Morgan fingerprint density at radius 3 is 2.12 bits per heavy atom. The molecule has 2 atom stereocenters. The third-order valence-electron chi connectivity index (χ3n) is 7.23. The lowest BCUT2D eigenvalue weighted by Crippen LogP contribution is -2.54. The van der Waals surface area contributed by atoms with Gasteiger partial charge in [-0.2, -0.15) is 0 Å². The first-order valence-electron chi connectivity index (χ1n) is 15.1. The summed E-state index contributed by atoms with van der Waals surface area (Å²) in [6.45, 7) is 14.7. The van der Waals surface area contributed by atoms with E-state index in [0.717, 1.165) is 54.4 Å². The fraction of sp³-hybridized carbons (Fsp3) is 0.559. The molecule has 42 heavy (non-hydrogen) atoms. The zero-order valence-electron chi connectivity index (χ0n) is 26.8. The van der Waals surface area contributed by atoms with E-state index in [1.165, 1.54) is 4.90 Å². The van der Waals surface area contributed by atoms with Crippen LogP contribution in [0.4, 0.5) is 10.5 Å². The van der Waals surface area contributed by atoms with Gasteiger partial charge in [0, 0.05) is 12.2 Å². The van der Waals surface area contributed by atoms with Gasteiger partial charge in [-0.1, -0.05) is 81.0 Å². The largest absolute Gasteiger partial charge is 0.444 e. The Labute approximate surface area is 252 Å². The number of carbonyl (C=O) groups excluding carboxylic acids is 3. The Hall–Kier alpha value is -3.39. The zero-order chi connectivity index (χ0) is 31.4. The summed E-state index contributed by atoms with van der Waals surface area (Å²) in [5.74, 6) is -0.895. The molecule has 0 aliphatic heterocycles. The number of nitrogens with zero attached hydrogens (tertiary/aromatic N) is 1. The number of hydrogen-bond donors (Lipinski definition) is 3. The summed E-state index contributed by atoms with van der Waals surface area (Å²) >= 11 is 0. The minimum absolute atomic E-state index is 0.287. The normalized spacial score (nSPS) is 12.8. The molecule has 0 bridgehead atoms. The number of ether oxygens (including phenoxy) is 1. The van der Waals surface area contributed by atoms with E-state index < -0.39 is 36.3 Å². The van der Waals surface area contributed by atoms with E-state index in [-0.39, 0.29) is 12.5 Å². The number of alkyl carbamates (subject to hydrolysis) is 1. The standard InChI is InChI=1S/C34H51N3O5/c1-9-10-11-12-13-14-20-37(32(40)28(22-38)35-33(41)42-34(6,7)8)30(27-21-23(2)18-19-24(27)3)31(39)36-29-25(4)16-15-17-26(29)5/h15-19,21,28,30,38H,9-14,20,22H2,1-8H3,(H,35,41)(H,36,39). The smallest absolute Gasteiger partial charge is 0.408 e. The number of hydrogen-bond acceptors (Lipinski definition) is 5. The summed E-state index contributed by atoms with van der Waals surface area (Å²) in [5.41, 5.74) is 4.27. The lowest BCUT2D eigenvalue weighted by Gasteiger charge is -2.35. The van der Waals surface area contributed by atoms with Gasteiger partial charge in [0.25, 0.3) is 5.91 Å². The Morgan fingerprint density at radius 1 is 0.905 bits per heavy atom. The number of para-hydroxylation sites is 1. The topological polar surface area (TPSA) is 108 Å². The van der Waals surface area contributed by atoms with Crippen molar-refractivity contribution in [3.63, 3.8) is 0 Å². The van der Waals surface area contributed by atoms with Crippen LogP contribution in [0.2, 0.25) is 0 Å². The van der Waals surface area contributed by atoms with Crippen molar-refractivity contribution in [3.05, 3.63) is 64.2 Å². The average Bonchev–Trinajstić information content (AvgIpc) is 2.91. The molecule has 0 saturated heterocycles. The molecule has 8 nitrogen and oxygen atoms in total. The molecule has 0 heterocycles. The van der Waals surface area contributed by atoms with Gasteiger partial charge < -0.3 is 25.4 Å². The summed E-state index contributed by atoms with van der Waals surface area (Å²) in [5, 5.41) is 15.9. The summed E-state index contributed by atoms with van der Waals surface area (Å²) < 4.78 is 5.36. The summed E-state index contributed by atoms with van der Waals surface area (Å²) in [6.07, 6.45) is 5.18. The maximum absolute atomic E-state index is 14.2. The number of amides is 3. The van der Waals surface area contributed by atoms with Crippen LogP contribution in [0, 0.1) is 27.7 Å². The number of unbranched alkanes of at least 4 members (excludes halogenated alkanes) is 5. The van der Waals surface area contributed by atoms with Crippen molar-refractivity contribution >= 4 is 23.6 Å². The molecule has 232 valence electrons. The van der Waals surface area contributed by atoms with Gasteiger partial charge in [-0.15, -0.1) is 0 Å². The summed E-state index contributed by atoms with van der Waals surface area (Å²) in [4.78, 5) is 42.5. The molecule has 2 aromatic rings. The first-order chi connectivity index (χ1) is 19.8. The van der Waals surface area contributed by atoms with Gasteiger partial charge in [-0.25, -0.2) is 4.79 Å². The number of aliphatic hydroxyl groups excluding tert-OH is 1. The second-order valence-corrected chi connectivity index (χ2v) is 12.2. The Kier molecular flexibility index (Phi) is 13.5. The monoisotopic (exact) mass is 581 g/mol. The molecular weight excluding hydrogens is 530 g/mol. The molecule has 2 aromatic carbocycles. The summed E-state index contributed by atoms with van der Waals surface area (Å²) in [6, 6.07) is 9.39. The van der Waals surface area contributed by atoms with Gasteiger partial charge in [-0.05, 0) is 77.1 Å². The summed E-state index contributed by atoms with van der Waals surface area (Å²) in [7, 11) is 0. The van der Waals surface area contributed by atoms with Crippen LogP contribution >= 0.6 is 0 Å². The first-order valence-corrected chi connectivity index (χ1v) is 15.1. The fourth-order valence-electron chi connectivity index (χ4n) is 4.97. The van der Waals surface area contributed by atoms with Crippen LogP contribution < -0.4 is 10.6 Å². The van der Waals surface area contributed by atoms with E-state index in [4.69, 9.17) is 4.74 Å². The van der Waals surface area contributed by atoms with E-state index in [1.807, 2.05) is 64.1 Å². The van der Waals surface area contributed by atoms with Gasteiger partial charge in [0.05, 0.1) is 6.61 Å². The van der Waals surface area contributed by atoms with Crippen LogP contribution in [0.5, 0.6) is 0 Å². The molecule has 3 amide bonds. The third kappa shape index (κ3) is 10.5. The predicted octanol–water partition coefficient (Wildman–Crippen LogP) is 6.67. The average molecular weight is 582 g/mol. The number of carbonyl (C=O) groups is 3. The number of aryl methyl sites for hydroxylation is 4. The number of nitrogens with one attached hydrogen (secondary N) is 2. The number of aliphatic hydroxyl groups is 1. The van der Waals surface area contributed by atoms with Crippen molar-refractivity contribution in [2.45, 2.75) is 112 Å². The SMILES string of the molecule is CCCCCCCCN(C(=O)C(CO)NC(=O)OC(C)(C)C)C(C(=O)Nc1c(C)cccc1C)c1cc(C)ccc1C. The molecule has 0 saturated carbocycles. The number of anilines is 1. The van der Waals surface area contributed by atoms with Crippen molar-refractivity contribution in [3.8, 4) is 0 Å². The van der Waals surface area contributed by atoms with E-state index in [9.17, 15) is 19.5 Å². The van der Waals surface area contributed by atoms with Gasteiger partial charge >= 0.3 is 6.09 Å². The van der Waals surface area contributed by atoms with Gasteiger partial charge in [0.2, 0.25) is 5.91 Å². The highest BCUT2D eigenvalue weighted by Gasteiger charge is 2.37.